The minimum Gasteiger partial charge on any atom is -0.361 e. The van der Waals surface area contributed by atoms with Crippen LogP contribution in [0, 0.1) is 6.92 Å². The Balaban J connectivity index is 0.000000531. The van der Waals surface area contributed by atoms with E-state index in [-0.39, 0.29) is 6.61 Å². The second-order valence-corrected chi connectivity index (χ2v) is 3.13. The van der Waals surface area contributed by atoms with E-state index in [4.69, 9.17) is 5.26 Å². The highest BCUT2D eigenvalue weighted by atomic mass is 17.1. The number of hydrogen-bond donors (Lipinski definition) is 2. The Morgan fingerprint density at radius 2 is 2.07 bits per heavy atom. The van der Waals surface area contributed by atoms with E-state index >= 15 is 0 Å². The van der Waals surface area contributed by atoms with Crippen molar-refractivity contribution in [1.29, 1.82) is 0 Å². The topological polar surface area (TPSA) is 45.2 Å². The fourth-order valence-electron chi connectivity index (χ4n) is 1.47. The maximum absolute atomic E-state index is 8.30. The Hall–Kier alpha value is -1.32. The van der Waals surface area contributed by atoms with Crippen LogP contribution in [0.15, 0.2) is 24.4 Å². The van der Waals surface area contributed by atoms with Crippen LogP contribution in [0.5, 0.6) is 0 Å². The molecule has 0 saturated heterocycles. The molecule has 0 spiro atoms. The van der Waals surface area contributed by atoms with Crippen molar-refractivity contribution in [2.75, 3.05) is 0 Å². The van der Waals surface area contributed by atoms with Gasteiger partial charge in [-0.3, -0.25) is 5.26 Å². The van der Waals surface area contributed by atoms with Crippen molar-refractivity contribution >= 4 is 10.9 Å². The van der Waals surface area contributed by atoms with E-state index in [0.29, 0.717) is 0 Å². The molecule has 0 unspecified atom stereocenters. The van der Waals surface area contributed by atoms with Crippen molar-refractivity contribution in [3.63, 3.8) is 0 Å². The number of aromatic nitrogens is 1. The van der Waals surface area contributed by atoms with Crippen molar-refractivity contribution in [3.8, 4) is 0 Å². The second kappa shape index (κ2) is 5.53. The van der Waals surface area contributed by atoms with Gasteiger partial charge < -0.3 is 4.98 Å². The van der Waals surface area contributed by atoms with Crippen molar-refractivity contribution in [2.45, 2.75) is 27.4 Å². The van der Waals surface area contributed by atoms with Crippen LogP contribution >= 0.6 is 0 Å². The summed E-state index contributed by atoms with van der Waals surface area (Å²) in [4.78, 5) is 7.24. The number of fused-ring (bicyclic) bond motifs is 1. The number of nitrogens with one attached hydrogen (secondary N) is 1. The minimum absolute atomic E-state index is 0.237. The van der Waals surface area contributed by atoms with Gasteiger partial charge in [0.05, 0.1) is 0 Å². The third kappa shape index (κ3) is 2.58. The molecule has 0 fully saturated rings. The Kier molecular flexibility index (Phi) is 4.34. The molecule has 0 saturated carbocycles. The molecule has 1 aromatic carbocycles. The van der Waals surface area contributed by atoms with E-state index in [2.05, 4.69) is 9.87 Å². The lowest BCUT2D eigenvalue weighted by atomic mass is 10.1. The molecule has 3 heteroatoms. The summed E-state index contributed by atoms with van der Waals surface area (Å²) in [5.41, 5.74) is 3.28. The summed E-state index contributed by atoms with van der Waals surface area (Å²) in [6, 6.07) is 5.92. The Bertz CT molecular complexity index is 420. The molecule has 0 aliphatic rings. The Morgan fingerprint density at radius 1 is 1.33 bits per heavy atom. The van der Waals surface area contributed by atoms with Gasteiger partial charge in [-0.25, -0.2) is 4.89 Å². The number of benzene rings is 1. The average Bonchev–Trinajstić information content (AvgIpc) is 2.64. The molecule has 0 radical (unpaired) electrons. The molecule has 1 heterocycles. The molecule has 0 aliphatic carbocycles. The number of aryl methyl sites for hydroxylation is 1. The van der Waals surface area contributed by atoms with Crippen LogP contribution in [0.25, 0.3) is 10.9 Å². The van der Waals surface area contributed by atoms with Crippen LogP contribution in [0.3, 0.4) is 0 Å². The van der Waals surface area contributed by atoms with Gasteiger partial charge in [-0.15, -0.1) is 0 Å². The number of H-pyrrole nitrogens is 1. The lowest BCUT2D eigenvalue weighted by Crippen LogP contribution is -1.86. The summed E-state index contributed by atoms with van der Waals surface area (Å²) in [6.07, 6.45) is 1.97. The van der Waals surface area contributed by atoms with Crippen molar-refractivity contribution in [3.05, 3.63) is 35.5 Å². The van der Waals surface area contributed by atoms with Crippen molar-refractivity contribution < 1.29 is 10.1 Å². The van der Waals surface area contributed by atoms with Gasteiger partial charge in [-0.05, 0) is 30.2 Å². The van der Waals surface area contributed by atoms with Crippen LogP contribution in [-0.4, -0.2) is 10.2 Å². The van der Waals surface area contributed by atoms with Gasteiger partial charge in [0.1, 0.15) is 6.61 Å². The zero-order valence-corrected chi connectivity index (χ0v) is 9.37. The first-order valence-electron chi connectivity index (χ1n) is 5.14. The largest absolute Gasteiger partial charge is 0.361 e. The maximum Gasteiger partial charge on any atom is 0.107 e. The molecular weight excluding hydrogens is 190 g/mol. The summed E-state index contributed by atoms with van der Waals surface area (Å²) in [7, 11) is 0. The number of aromatic amines is 1. The molecule has 2 N–H and O–H groups in total. The van der Waals surface area contributed by atoms with Gasteiger partial charge in [0.2, 0.25) is 0 Å². The molecule has 0 amide bonds. The third-order valence-corrected chi connectivity index (χ3v) is 2.18. The van der Waals surface area contributed by atoms with Gasteiger partial charge in [-0.2, -0.15) is 0 Å². The van der Waals surface area contributed by atoms with Crippen LogP contribution in [0.1, 0.15) is 25.0 Å². The van der Waals surface area contributed by atoms with E-state index in [1.807, 2.05) is 45.2 Å². The molecule has 0 bridgehead atoms. The maximum atomic E-state index is 8.30. The van der Waals surface area contributed by atoms with Gasteiger partial charge >= 0.3 is 0 Å². The van der Waals surface area contributed by atoms with E-state index in [1.54, 1.807) is 0 Å². The Morgan fingerprint density at radius 3 is 2.73 bits per heavy atom. The average molecular weight is 207 g/mol. The predicted octanol–water partition coefficient (Wildman–Crippen LogP) is 3.49. The van der Waals surface area contributed by atoms with Crippen LogP contribution in [-0.2, 0) is 11.5 Å². The van der Waals surface area contributed by atoms with Gasteiger partial charge in [0.25, 0.3) is 0 Å². The van der Waals surface area contributed by atoms with Crippen molar-refractivity contribution in [2.24, 2.45) is 0 Å². The van der Waals surface area contributed by atoms with Gasteiger partial charge in [0.15, 0.2) is 0 Å². The molecule has 82 valence electrons. The lowest BCUT2D eigenvalue weighted by molar-refractivity contribution is -0.252. The highest BCUT2D eigenvalue weighted by Gasteiger charge is 2.00. The van der Waals surface area contributed by atoms with Crippen molar-refractivity contribution in [1.82, 2.24) is 4.98 Å². The summed E-state index contributed by atoms with van der Waals surface area (Å²) in [6.45, 7) is 6.28. The lowest BCUT2D eigenvalue weighted by Gasteiger charge is -1.98. The zero-order valence-electron chi connectivity index (χ0n) is 9.37. The molecule has 2 rings (SSSR count). The van der Waals surface area contributed by atoms with Gasteiger partial charge in [-0.1, -0.05) is 19.9 Å². The highest BCUT2D eigenvalue weighted by Crippen LogP contribution is 2.19. The zero-order chi connectivity index (χ0) is 11.3. The van der Waals surface area contributed by atoms with Gasteiger partial charge in [0, 0.05) is 17.1 Å². The molecule has 15 heavy (non-hydrogen) atoms. The normalized spacial score (nSPS) is 9.87. The number of rotatable bonds is 2. The SMILES string of the molecule is CC.Cc1c[nH]c2ccc(COO)cc12. The Labute approximate surface area is 89.6 Å². The summed E-state index contributed by atoms with van der Waals surface area (Å²) in [5.74, 6) is 0. The van der Waals surface area contributed by atoms with E-state index in [0.717, 1.165) is 11.1 Å². The minimum atomic E-state index is 0.237. The molecule has 0 atom stereocenters. The second-order valence-electron chi connectivity index (χ2n) is 3.13. The molecular formula is C12H17NO2. The molecule has 3 nitrogen and oxygen atoms in total. The van der Waals surface area contributed by atoms with Crippen LogP contribution in [0.2, 0.25) is 0 Å². The fraction of sp³-hybridized carbons (Fsp3) is 0.333. The monoisotopic (exact) mass is 207 g/mol. The fourth-order valence-corrected chi connectivity index (χ4v) is 1.47. The summed E-state index contributed by atoms with van der Waals surface area (Å²) in [5, 5.41) is 9.48. The molecule has 2 aromatic rings. The standard InChI is InChI=1S/C10H11NO2.C2H6/c1-7-5-11-10-3-2-8(6-13-12)4-9(7)10;1-2/h2-5,11-12H,6H2,1H3;1-2H3. The van der Waals surface area contributed by atoms with E-state index in [1.165, 1.54) is 10.9 Å². The van der Waals surface area contributed by atoms with E-state index < -0.39 is 0 Å². The quantitative estimate of drug-likeness (QED) is 0.585. The predicted molar refractivity (Wildman–Crippen MR) is 61.8 cm³/mol. The van der Waals surface area contributed by atoms with Crippen LogP contribution in [0.4, 0.5) is 0 Å². The number of hydrogen-bond acceptors (Lipinski definition) is 2. The first-order chi connectivity index (χ1) is 7.31. The van der Waals surface area contributed by atoms with E-state index in [9.17, 15) is 0 Å². The highest BCUT2D eigenvalue weighted by molar-refractivity contribution is 5.83. The molecule has 0 aliphatic heterocycles. The smallest absolute Gasteiger partial charge is 0.107 e. The summed E-state index contributed by atoms with van der Waals surface area (Å²) < 4.78 is 0. The summed E-state index contributed by atoms with van der Waals surface area (Å²) >= 11 is 0. The van der Waals surface area contributed by atoms with Crippen LogP contribution < -0.4 is 0 Å². The third-order valence-electron chi connectivity index (χ3n) is 2.18. The first kappa shape index (κ1) is 11.8. The first-order valence-corrected chi connectivity index (χ1v) is 5.14. The molecule has 1 aromatic heterocycles.